The summed E-state index contributed by atoms with van der Waals surface area (Å²) in [7, 11) is 0. The van der Waals surface area contributed by atoms with Crippen molar-refractivity contribution in [3.63, 3.8) is 0 Å². The van der Waals surface area contributed by atoms with Crippen molar-refractivity contribution in [2.24, 2.45) is 0 Å². The Balaban J connectivity index is 2.27. The number of hydrogen-bond acceptors (Lipinski definition) is 5. The van der Waals surface area contributed by atoms with Gasteiger partial charge in [0.1, 0.15) is 11.8 Å². The largest absolute Gasteiger partial charge is 0.385 e. The van der Waals surface area contributed by atoms with Crippen LogP contribution in [0.2, 0.25) is 0 Å². The molecule has 0 saturated carbocycles. The van der Waals surface area contributed by atoms with E-state index in [0.29, 0.717) is 17.7 Å². The Bertz CT molecular complexity index is 580. The Morgan fingerprint density at radius 3 is 2.76 bits per heavy atom. The van der Waals surface area contributed by atoms with Gasteiger partial charge in [0.05, 0.1) is 10.6 Å². The van der Waals surface area contributed by atoms with Crippen LogP contribution in [0.5, 0.6) is 0 Å². The molecule has 9 heteroatoms. The average Bonchev–Trinajstić information content (AvgIpc) is 2.43. The van der Waals surface area contributed by atoms with Crippen LogP contribution in [-0.4, -0.2) is 35.0 Å². The highest BCUT2D eigenvalue weighted by Crippen LogP contribution is 2.34. The number of benzene rings is 1. The molecule has 1 atom stereocenters. The molecule has 0 radical (unpaired) electrons. The summed E-state index contributed by atoms with van der Waals surface area (Å²) in [6, 6.07) is 2.62. The van der Waals surface area contributed by atoms with Crippen LogP contribution in [0.15, 0.2) is 12.1 Å². The number of carbonyl (C=O) groups is 1. The van der Waals surface area contributed by atoms with E-state index in [0.717, 1.165) is 0 Å². The fourth-order valence-corrected chi connectivity index (χ4v) is 2.01. The van der Waals surface area contributed by atoms with Crippen LogP contribution >= 0.6 is 0 Å². The summed E-state index contributed by atoms with van der Waals surface area (Å²) in [5.41, 5.74) is 0.708. The zero-order valence-electron chi connectivity index (χ0n) is 10.8. The number of nitrogens with zero attached hydrogens (tertiary/aromatic N) is 1. The minimum absolute atomic E-state index is 0.0367. The van der Waals surface area contributed by atoms with Gasteiger partial charge in [-0.2, -0.15) is 0 Å². The predicted molar refractivity (Wildman–Crippen MR) is 70.5 cm³/mol. The van der Waals surface area contributed by atoms with Gasteiger partial charge >= 0.3 is 0 Å². The third kappa shape index (κ3) is 3.43. The highest BCUT2D eigenvalue weighted by Gasteiger charge is 2.24. The normalized spacial score (nSPS) is 15.3. The van der Waals surface area contributed by atoms with Gasteiger partial charge in [0.15, 0.2) is 0 Å². The van der Waals surface area contributed by atoms with Gasteiger partial charge < -0.3 is 15.7 Å². The summed E-state index contributed by atoms with van der Waals surface area (Å²) >= 11 is 0. The lowest BCUT2D eigenvalue weighted by Crippen LogP contribution is -2.27. The fourth-order valence-electron chi connectivity index (χ4n) is 2.01. The monoisotopic (exact) mass is 301 g/mol. The molecular weight excluding hydrogens is 288 g/mol. The molecule has 0 aromatic heterocycles. The maximum absolute atomic E-state index is 12.2. The zero-order chi connectivity index (χ0) is 15.6. The Morgan fingerprint density at radius 1 is 1.43 bits per heavy atom. The first-order chi connectivity index (χ1) is 9.88. The molecule has 1 amide bonds. The summed E-state index contributed by atoms with van der Waals surface area (Å²) in [4.78, 5) is 21.6. The second-order valence-electron chi connectivity index (χ2n) is 4.61. The average molecular weight is 301 g/mol. The second-order valence-corrected chi connectivity index (χ2v) is 4.61. The van der Waals surface area contributed by atoms with E-state index in [1.54, 1.807) is 0 Å². The molecule has 1 heterocycles. The van der Waals surface area contributed by atoms with Crippen LogP contribution in [0, 0.1) is 10.1 Å². The number of aliphatic hydroxyl groups excluding tert-OH is 1. The third-order valence-corrected chi connectivity index (χ3v) is 3.11. The van der Waals surface area contributed by atoms with E-state index in [2.05, 4.69) is 10.6 Å². The number of anilines is 2. The Kier molecular flexibility index (Phi) is 4.32. The van der Waals surface area contributed by atoms with E-state index in [9.17, 15) is 23.7 Å². The maximum Gasteiger partial charge on any atom is 0.294 e. The first kappa shape index (κ1) is 15.1. The minimum atomic E-state index is -2.94. The molecule has 0 saturated heterocycles. The first-order valence-corrected chi connectivity index (χ1v) is 6.19. The van der Waals surface area contributed by atoms with Crippen LogP contribution in [0.4, 0.5) is 25.8 Å². The molecule has 2 rings (SSSR count). The lowest BCUT2D eigenvalue weighted by Gasteiger charge is -2.19. The van der Waals surface area contributed by atoms with E-state index in [-0.39, 0.29) is 23.7 Å². The smallest absolute Gasteiger partial charge is 0.294 e. The number of alkyl halides is 2. The Labute approximate surface area is 118 Å². The second kappa shape index (κ2) is 6.00. The number of carbonyl (C=O) groups excluding carboxylic acids is 1. The van der Waals surface area contributed by atoms with Crippen molar-refractivity contribution in [1.29, 1.82) is 0 Å². The molecule has 0 bridgehead atoms. The SMILES string of the molecule is O=C1CCc2cc(NCC(O)C(F)F)c([N+](=O)[O-])cc2N1. The highest BCUT2D eigenvalue weighted by atomic mass is 19.3. The molecule has 114 valence electrons. The number of aryl methyl sites for hydroxylation is 1. The lowest BCUT2D eigenvalue weighted by atomic mass is 10.0. The number of halogens is 2. The number of hydrogen-bond donors (Lipinski definition) is 3. The van der Waals surface area contributed by atoms with E-state index < -0.39 is 24.0 Å². The molecule has 0 spiro atoms. The van der Waals surface area contributed by atoms with Crippen LogP contribution in [-0.2, 0) is 11.2 Å². The van der Waals surface area contributed by atoms with Crippen molar-refractivity contribution in [3.05, 3.63) is 27.8 Å². The van der Waals surface area contributed by atoms with Gasteiger partial charge in [-0.1, -0.05) is 0 Å². The molecule has 1 unspecified atom stereocenters. The van der Waals surface area contributed by atoms with E-state index in [4.69, 9.17) is 5.11 Å². The van der Waals surface area contributed by atoms with E-state index >= 15 is 0 Å². The van der Waals surface area contributed by atoms with Gasteiger partial charge in [-0.15, -0.1) is 0 Å². The Morgan fingerprint density at radius 2 is 2.14 bits per heavy atom. The number of rotatable bonds is 5. The van der Waals surface area contributed by atoms with Gasteiger partial charge in [-0.3, -0.25) is 14.9 Å². The molecule has 21 heavy (non-hydrogen) atoms. The van der Waals surface area contributed by atoms with Crippen LogP contribution in [0.3, 0.4) is 0 Å². The molecule has 0 fully saturated rings. The first-order valence-electron chi connectivity index (χ1n) is 6.19. The standard InChI is InChI=1S/C12H13F2N3O4/c13-12(14)10(18)5-15-8-3-6-1-2-11(19)16-7(6)4-9(8)17(20)21/h3-4,10,12,15,18H,1-2,5H2,(H,16,19). The fraction of sp³-hybridized carbons (Fsp3) is 0.417. The number of aliphatic hydroxyl groups is 1. The molecule has 7 nitrogen and oxygen atoms in total. The molecule has 1 aromatic carbocycles. The molecule has 1 aliphatic heterocycles. The number of fused-ring (bicyclic) bond motifs is 1. The van der Waals surface area contributed by atoms with Gasteiger partial charge in [0.25, 0.3) is 12.1 Å². The highest BCUT2D eigenvalue weighted by molar-refractivity contribution is 5.95. The van der Waals surface area contributed by atoms with Gasteiger partial charge in [0.2, 0.25) is 5.91 Å². The molecule has 0 aliphatic carbocycles. The van der Waals surface area contributed by atoms with E-state index in [1.807, 2.05) is 0 Å². The predicted octanol–water partition coefficient (Wildman–Crippen LogP) is 1.52. The van der Waals surface area contributed by atoms with Crippen molar-refractivity contribution >= 4 is 23.0 Å². The lowest BCUT2D eigenvalue weighted by molar-refractivity contribution is -0.383. The van der Waals surface area contributed by atoms with E-state index in [1.165, 1.54) is 12.1 Å². The van der Waals surface area contributed by atoms with Crippen LogP contribution < -0.4 is 10.6 Å². The Hall–Kier alpha value is -2.29. The molecular formula is C12H13F2N3O4. The topological polar surface area (TPSA) is 104 Å². The third-order valence-electron chi connectivity index (χ3n) is 3.11. The molecule has 1 aliphatic rings. The van der Waals surface area contributed by atoms with Crippen LogP contribution in [0.1, 0.15) is 12.0 Å². The summed E-state index contributed by atoms with van der Waals surface area (Å²) in [5.74, 6) is -0.231. The van der Waals surface area contributed by atoms with Crippen molar-refractivity contribution in [3.8, 4) is 0 Å². The van der Waals surface area contributed by atoms with Crippen molar-refractivity contribution in [2.75, 3.05) is 17.2 Å². The maximum atomic E-state index is 12.2. The minimum Gasteiger partial charge on any atom is -0.385 e. The zero-order valence-corrected chi connectivity index (χ0v) is 10.8. The summed E-state index contributed by atoms with van der Waals surface area (Å²) in [6.45, 7) is -0.510. The van der Waals surface area contributed by atoms with Gasteiger partial charge in [0, 0.05) is 19.0 Å². The van der Waals surface area contributed by atoms with Crippen LogP contribution in [0.25, 0.3) is 0 Å². The van der Waals surface area contributed by atoms with Gasteiger partial charge in [-0.25, -0.2) is 8.78 Å². The summed E-state index contributed by atoms with van der Waals surface area (Å²) in [5, 5.41) is 25.0. The summed E-state index contributed by atoms with van der Waals surface area (Å²) in [6.07, 6.45) is -4.19. The number of nitro groups is 1. The summed E-state index contributed by atoms with van der Waals surface area (Å²) < 4.78 is 24.5. The molecule has 1 aromatic rings. The van der Waals surface area contributed by atoms with Crippen molar-refractivity contribution in [1.82, 2.24) is 0 Å². The van der Waals surface area contributed by atoms with Crippen molar-refractivity contribution in [2.45, 2.75) is 25.4 Å². The number of nitrogens with one attached hydrogen (secondary N) is 2. The number of amides is 1. The van der Waals surface area contributed by atoms with Crippen molar-refractivity contribution < 1.29 is 23.6 Å². The molecule has 3 N–H and O–H groups in total. The number of nitro benzene ring substituents is 1. The quantitative estimate of drug-likeness (QED) is 0.565. The van der Waals surface area contributed by atoms with Gasteiger partial charge in [-0.05, 0) is 18.1 Å².